The summed E-state index contributed by atoms with van der Waals surface area (Å²) in [7, 11) is 2.60. The van der Waals surface area contributed by atoms with Crippen LogP contribution < -0.4 is 4.74 Å². The molecular weight excluding hydrogens is 388 g/mol. The van der Waals surface area contributed by atoms with Gasteiger partial charge in [-0.15, -0.1) is 0 Å². The predicted octanol–water partition coefficient (Wildman–Crippen LogP) is 4.78. The Hall–Kier alpha value is -3.13. The van der Waals surface area contributed by atoms with Gasteiger partial charge in [0.15, 0.2) is 0 Å². The Morgan fingerprint density at radius 3 is 2.46 bits per heavy atom. The van der Waals surface area contributed by atoms with Gasteiger partial charge < -0.3 is 14.6 Å². The summed E-state index contributed by atoms with van der Waals surface area (Å²) in [5.41, 5.74) is 0.439. The molecule has 1 N–H and O–H groups in total. The van der Waals surface area contributed by atoms with Crippen LogP contribution in [0.4, 0.5) is 14.5 Å². The number of rotatable bonds is 4. The van der Waals surface area contributed by atoms with Crippen molar-refractivity contribution in [1.82, 2.24) is 0 Å². The zero-order valence-electron chi connectivity index (χ0n) is 14.9. The van der Waals surface area contributed by atoms with Gasteiger partial charge in [-0.05, 0) is 42.5 Å². The molecule has 0 aliphatic carbocycles. The number of nitrogens with zero attached hydrogens (tertiary/aromatic N) is 1. The first-order valence-corrected chi connectivity index (χ1v) is 8.84. The summed E-state index contributed by atoms with van der Waals surface area (Å²) in [4.78, 5) is 16.6. The fourth-order valence-corrected chi connectivity index (χ4v) is 3.44. The van der Waals surface area contributed by atoms with Crippen LogP contribution in [0.5, 0.6) is 5.75 Å². The smallest absolute Gasteiger partial charge is 0.344 e. The fraction of sp³-hybridized carbons (Fsp3) is 0.100. The SMILES string of the molecule is COC(=O)C1=C(O)C(=Cc2ccc(OC)cc2F)SC1=Nc1ccc(F)cc1. The van der Waals surface area contributed by atoms with Crippen LogP contribution >= 0.6 is 11.8 Å². The van der Waals surface area contributed by atoms with Gasteiger partial charge in [-0.3, -0.25) is 0 Å². The number of aliphatic hydroxyl groups excluding tert-OH is 1. The van der Waals surface area contributed by atoms with Crippen LogP contribution in [0.3, 0.4) is 0 Å². The molecule has 144 valence electrons. The highest BCUT2D eigenvalue weighted by atomic mass is 32.2. The van der Waals surface area contributed by atoms with E-state index >= 15 is 0 Å². The molecule has 0 aromatic heterocycles. The number of esters is 1. The molecule has 0 spiro atoms. The van der Waals surface area contributed by atoms with Crippen LogP contribution in [0.15, 0.2) is 63.7 Å². The number of ether oxygens (including phenoxy) is 2. The van der Waals surface area contributed by atoms with Crippen molar-refractivity contribution in [2.45, 2.75) is 0 Å². The van der Waals surface area contributed by atoms with Crippen molar-refractivity contribution in [2.75, 3.05) is 14.2 Å². The first-order valence-electron chi connectivity index (χ1n) is 8.02. The molecule has 0 atom stereocenters. The van der Waals surface area contributed by atoms with Crippen molar-refractivity contribution in [3.63, 3.8) is 0 Å². The quantitative estimate of drug-likeness (QED) is 0.745. The van der Waals surface area contributed by atoms with Crippen LogP contribution in [0.1, 0.15) is 5.56 Å². The molecule has 28 heavy (non-hydrogen) atoms. The van der Waals surface area contributed by atoms with Crippen molar-refractivity contribution in [1.29, 1.82) is 0 Å². The Labute approximate surface area is 164 Å². The van der Waals surface area contributed by atoms with E-state index in [9.17, 15) is 18.7 Å². The van der Waals surface area contributed by atoms with Gasteiger partial charge in [-0.1, -0.05) is 11.8 Å². The average molecular weight is 403 g/mol. The Morgan fingerprint density at radius 2 is 1.86 bits per heavy atom. The third-order valence-electron chi connectivity index (χ3n) is 3.83. The average Bonchev–Trinajstić information content (AvgIpc) is 2.99. The van der Waals surface area contributed by atoms with Gasteiger partial charge in [0.1, 0.15) is 33.8 Å². The number of aliphatic hydroxyl groups is 1. The molecule has 0 saturated heterocycles. The minimum Gasteiger partial charge on any atom is -0.506 e. The van der Waals surface area contributed by atoms with Crippen molar-refractivity contribution in [2.24, 2.45) is 4.99 Å². The molecule has 0 radical (unpaired) electrons. The molecule has 2 aromatic rings. The van der Waals surface area contributed by atoms with Crippen LogP contribution in [0, 0.1) is 11.6 Å². The van der Waals surface area contributed by atoms with Crippen molar-refractivity contribution < 1.29 is 28.2 Å². The summed E-state index contributed by atoms with van der Waals surface area (Å²) in [6, 6.07) is 9.58. The third kappa shape index (κ3) is 4.07. The van der Waals surface area contributed by atoms with E-state index in [4.69, 9.17) is 9.47 Å². The van der Waals surface area contributed by atoms with E-state index in [1.165, 1.54) is 56.7 Å². The van der Waals surface area contributed by atoms with Gasteiger partial charge in [0.2, 0.25) is 0 Å². The molecule has 0 saturated carbocycles. The molecule has 0 unspecified atom stereocenters. The number of carbonyl (C=O) groups is 1. The van der Waals surface area contributed by atoms with Gasteiger partial charge >= 0.3 is 5.97 Å². The van der Waals surface area contributed by atoms with E-state index in [0.29, 0.717) is 11.4 Å². The maximum absolute atomic E-state index is 14.2. The lowest BCUT2D eigenvalue weighted by Gasteiger charge is -2.03. The second-order valence-electron chi connectivity index (χ2n) is 5.61. The van der Waals surface area contributed by atoms with Crippen molar-refractivity contribution in [3.8, 4) is 5.75 Å². The van der Waals surface area contributed by atoms with E-state index in [1.54, 1.807) is 6.07 Å². The van der Waals surface area contributed by atoms with Gasteiger partial charge in [0.25, 0.3) is 0 Å². The zero-order valence-corrected chi connectivity index (χ0v) is 15.7. The highest BCUT2D eigenvalue weighted by Gasteiger charge is 2.33. The minimum absolute atomic E-state index is 0.142. The molecule has 0 bridgehead atoms. The fourth-order valence-electron chi connectivity index (χ4n) is 2.42. The topological polar surface area (TPSA) is 68.1 Å². The first kappa shape index (κ1) is 19.6. The number of carbonyl (C=O) groups excluding carboxylic acids is 1. The normalized spacial score (nSPS) is 16.7. The van der Waals surface area contributed by atoms with Gasteiger partial charge in [0, 0.05) is 11.6 Å². The molecule has 8 heteroatoms. The Kier molecular flexibility index (Phi) is 5.79. The molecule has 1 aliphatic rings. The first-order chi connectivity index (χ1) is 13.4. The molecule has 5 nitrogen and oxygen atoms in total. The number of aliphatic imine (C=N–C) groups is 1. The monoisotopic (exact) mass is 403 g/mol. The van der Waals surface area contributed by atoms with Crippen molar-refractivity contribution >= 4 is 34.5 Å². The van der Waals surface area contributed by atoms with E-state index in [2.05, 4.69) is 4.99 Å². The predicted molar refractivity (Wildman–Crippen MR) is 104 cm³/mol. The second-order valence-corrected chi connectivity index (χ2v) is 6.64. The van der Waals surface area contributed by atoms with E-state index in [-0.39, 0.29) is 26.8 Å². The summed E-state index contributed by atoms with van der Waals surface area (Å²) < 4.78 is 37.0. The number of hydrogen-bond donors (Lipinski definition) is 1. The molecule has 3 rings (SSSR count). The largest absolute Gasteiger partial charge is 0.506 e. The molecule has 1 aliphatic heterocycles. The lowest BCUT2D eigenvalue weighted by Crippen LogP contribution is -2.10. The summed E-state index contributed by atoms with van der Waals surface area (Å²) in [5, 5.41) is 10.7. The lowest BCUT2D eigenvalue weighted by molar-refractivity contribution is -0.135. The summed E-state index contributed by atoms with van der Waals surface area (Å²) in [6.07, 6.45) is 1.39. The standard InChI is InChI=1S/C20H15F2NO4S/c1-26-14-8-3-11(15(22)10-14)9-16-18(24)17(20(25)27-2)19(28-16)23-13-6-4-12(21)5-7-13/h3-10,24H,1-2H3. The molecular formula is C20H15F2NO4S. The zero-order chi connectivity index (χ0) is 20.3. The van der Waals surface area contributed by atoms with E-state index in [1.807, 2.05) is 0 Å². The molecule has 2 aromatic carbocycles. The highest BCUT2D eigenvalue weighted by molar-refractivity contribution is 8.18. The third-order valence-corrected chi connectivity index (χ3v) is 4.85. The number of benzene rings is 2. The number of hydrogen-bond acceptors (Lipinski definition) is 6. The number of halogens is 2. The minimum atomic E-state index is -0.788. The van der Waals surface area contributed by atoms with Crippen LogP contribution in [-0.2, 0) is 9.53 Å². The van der Waals surface area contributed by atoms with E-state index < -0.39 is 17.6 Å². The summed E-state index contributed by atoms with van der Waals surface area (Å²) >= 11 is 0.978. The van der Waals surface area contributed by atoms with E-state index in [0.717, 1.165) is 11.8 Å². The Balaban J connectivity index is 2.03. The molecule has 1 heterocycles. The lowest BCUT2D eigenvalue weighted by atomic mass is 10.1. The van der Waals surface area contributed by atoms with Gasteiger partial charge in [-0.25, -0.2) is 18.6 Å². The number of thioether (sulfide) groups is 1. The molecule has 0 amide bonds. The maximum atomic E-state index is 14.2. The Morgan fingerprint density at radius 1 is 1.14 bits per heavy atom. The summed E-state index contributed by atoms with van der Waals surface area (Å²) in [5.74, 6) is -1.78. The molecule has 0 fully saturated rings. The summed E-state index contributed by atoms with van der Waals surface area (Å²) in [6.45, 7) is 0. The highest BCUT2D eigenvalue weighted by Crippen LogP contribution is 2.40. The van der Waals surface area contributed by atoms with Crippen LogP contribution in [-0.4, -0.2) is 30.3 Å². The van der Waals surface area contributed by atoms with Gasteiger partial charge in [0.05, 0.1) is 24.8 Å². The van der Waals surface area contributed by atoms with Crippen molar-refractivity contribution in [3.05, 3.63) is 75.9 Å². The van der Waals surface area contributed by atoms with Gasteiger partial charge in [-0.2, -0.15) is 0 Å². The van der Waals surface area contributed by atoms with Crippen LogP contribution in [0.2, 0.25) is 0 Å². The number of methoxy groups -OCH3 is 2. The Bertz CT molecular complexity index is 1010. The maximum Gasteiger partial charge on any atom is 0.344 e. The van der Waals surface area contributed by atoms with Crippen LogP contribution in [0.25, 0.3) is 6.08 Å². The second kappa shape index (κ2) is 8.26.